The minimum absolute atomic E-state index is 0.136. The molecule has 2 unspecified atom stereocenters. The Labute approximate surface area is 214 Å². The van der Waals surface area contributed by atoms with Gasteiger partial charge < -0.3 is 24.6 Å². The SMILES string of the molecule is CC(C)(C)OC(=O)N1CCN(C(=O)Nc2ccc(CC3CCC(COc4ccccc4)C3)cc2)CC1. The van der Waals surface area contributed by atoms with Crippen molar-refractivity contribution in [1.82, 2.24) is 9.80 Å². The monoisotopic (exact) mass is 493 g/mol. The van der Waals surface area contributed by atoms with Gasteiger partial charge in [-0.3, -0.25) is 0 Å². The van der Waals surface area contributed by atoms with Crippen LogP contribution in [0.4, 0.5) is 15.3 Å². The fourth-order valence-electron chi connectivity index (χ4n) is 4.92. The molecule has 2 aromatic carbocycles. The summed E-state index contributed by atoms with van der Waals surface area (Å²) in [5.41, 5.74) is 1.57. The van der Waals surface area contributed by atoms with Crippen molar-refractivity contribution in [2.75, 3.05) is 38.1 Å². The van der Waals surface area contributed by atoms with E-state index in [1.54, 1.807) is 9.80 Å². The highest BCUT2D eigenvalue weighted by Crippen LogP contribution is 2.34. The van der Waals surface area contributed by atoms with Crippen molar-refractivity contribution in [2.24, 2.45) is 11.8 Å². The Balaban J connectivity index is 1.17. The molecular formula is C29H39N3O4. The minimum Gasteiger partial charge on any atom is -0.493 e. The van der Waals surface area contributed by atoms with E-state index in [-0.39, 0.29) is 12.1 Å². The predicted octanol–water partition coefficient (Wildman–Crippen LogP) is 5.81. The largest absolute Gasteiger partial charge is 0.493 e. The fraction of sp³-hybridized carbons (Fsp3) is 0.517. The zero-order chi connectivity index (χ0) is 25.5. The van der Waals surface area contributed by atoms with Gasteiger partial charge >= 0.3 is 12.1 Å². The maximum Gasteiger partial charge on any atom is 0.410 e. The van der Waals surface area contributed by atoms with Crippen molar-refractivity contribution in [3.63, 3.8) is 0 Å². The molecule has 194 valence electrons. The molecule has 2 fully saturated rings. The number of piperazine rings is 1. The number of urea groups is 1. The number of nitrogens with zero attached hydrogens (tertiary/aromatic N) is 2. The van der Waals surface area contributed by atoms with Crippen molar-refractivity contribution in [1.29, 1.82) is 0 Å². The van der Waals surface area contributed by atoms with Gasteiger partial charge in [-0.2, -0.15) is 0 Å². The molecule has 1 heterocycles. The highest BCUT2D eigenvalue weighted by Gasteiger charge is 2.28. The van der Waals surface area contributed by atoms with Crippen LogP contribution in [0.2, 0.25) is 0 Å². The predicted molar refractivity (Wildman–Crippen MR) is 141 cm³/mol. The second kappa shape index (κ2) is 11.7. The molecule has 1 aliphatic carbocycles. The standard InChI is InChI=1S/C29H39N3O4/c1-29(2,3)36-28(34)32-17-15-31(16-18-32)27(33)30-25-13-11-22(12-14-25)19-23-9-10-24(20-23)21-35-26-7-5-4-6-8-26/h4-8,11-14,23-24H,9-10,15-21H2,1-3H3,(H,30,33). The third kappa shape index (κ3) is 7.64. The number of anilines is 1. The van der Waals surface area contributed by atoms with Gasteiger partial charge in [0.1, 0.15) is 11.4 Å². The van der Waals surface area contributed by atoms with Crippen molar-refractivity contribution in [3.05, 3.63) is 60.2 Å². The lowest BCUT2D eigenvalue weighted by atomic mass is 9.97. The van der Waals surface area contributed by atoms with Crippen molar-refractivity contribution >= 4 is 17.8 Å². The highest BCUT2D eigenvalue weighted by atomic mass is 16.6. The zero-order valence-corrected chi connectivity index (χ0v) is 21.7. The van der Waals surface area contributed by atoms with E-state index in [0.29, 0.717) is 38.0 Å². The molecule has 2 atom stereocenters. The first kappa shape index (κ1) is 25.9. The average molecular weight is 494 g/mol. The quantitative estimate of drug-likeness (QED) is 0.551. The molecular weight excluding hydrogens is 454 g/mol. The number of benzene rings is 2. The van der Waals surface area contributed by atoms with Crippen LogP contribution in [0.1, 0.15) is 45.6 Å². The van der Waals surface area contributed by atoms with Gasteiger partial charge in [0.25, 0.3) is 0 Å². The van der Waals surface area contributed by atoms with E-state index in [0.717, 1.165) is 24.5 Å². The Morgan fingerprint density at radius 2 is 1.53 bits per heavy atom. The third-order valence-electron chi connectivity index (χ3n) is 6.83. The maximum atomic E-state index is 12.7. The van der Waals surface area contributed by atoms with Gasteiger partial charge in [0.05, 0.1) is 6.61 Å². The average Bonchev–Trinajstić information content (AvgIpc) is 3.31. The normalized spacial score (nSPS) is 20.2. The van der Waals surface area contributed by atoms with Crippen LogP contribution in [0.5, 0.6) is 5.75 Å². The van der Waals surface area contributed by atoms with E-state index in [1.807, 2.05) is 63.2 Å². The fourth-order valence-corrected chi connectivity index (χ4v) is 4.92. The summed E-state index contributed by atoms with van der Waals surface area (Å²) in [4.78, 5) is 28.3. The Bertz CT molecular complexity index is 995. The van der Waals surface area contributed by atoms with Gasteiger partial charge in [-0.05, 0) is 88.1 Å². The highest BCUT2D eigenvalue weighted by molar-refractivity contribution is 5.89. The summed E-state index contributed by atoms with van der Waals surface area (Å²) < 4.78 is 11.4. The molecule has 0 spiro atoms. The van der Waals surface area contributed by atoms with Gasteiger partial charge in [-0.1, -0.05) is 30.3 Å². The first-order valence-corrected chi connectivity index (χ1v) is 13.1. The van der Waals surface area contributed by atoms with Crippen molar-refractivity contribution < 1.29 is 19.1 Å². The van der Waals surface area contributed by atoms with Gasteiger partial charge in [-0.25, -0.2) is 9.59 Å². The molecule has 3 amide bonds. The molecule has 36 heavy (non-hydrogen) atoms. The summed E-state index contributed by atoms with van der Waals surface area (Å²) in [5, 5.41) is 2.99. The van der Waals surface area contributed by atoms with Crippen LogP contribution < -0.4 is 10.1 Å². The number of hydrogen-bond donors (Lipinski definition) is 1. The lowest BCUT2D eigenvalue weighted by molar-refractivity contribution is 0.0174. The lowest BCUT2D eigenvalue weighted by Gasteiger charge is -2.35. The third-order valence-corrected chi connectivity index (χ3v) is 6.83. The van der Waals surface area contributed by atoms with E-state index in [2.05, 4.69) is 17.4 Å². The summed E-state index contributed by atoms with van der Waals surface area (Å²) in [6.07, 6.45) is 4.38. The van der Waals surface area contributed by atoms with Crippen LogP contribution in [0.3, 0.4) is 0 Å². The van der Waals surface area contributed by atoms with Gasteiger partial charge in [-0.15, -0.1) is 0 Å². The summed E-state index contributed by atoms with van der Waals surface area (Å²) in [7, 11) is 0. The molecule has 4 rings (SSSR count). The first-order chi connectivity index (χ1) is 17.2. The number of hydrogen-bond acceptors (Lipinski definition) is 4. The number of ether oxygens (including phenoxy) is 2. The van der Waals surface area contributed by atoms with Crippen LogP contribution >= 0.6 is 0 Å². The Kier molecular flexibility index (Phi) is 8.39. The Hall–Kier alpha value is -3.22. The topological polar surface area (TPSA) is 71.1 Å². The van der Waals surface area contributed by atoms with Gasteiger partial charge in [0, 0.05) is 31.9 Å². The second-order valence-corrected chi connectivity index (χ2v) is 11.0. The Morgan fingerprint density at radius 1 is 0.889 bits per heavy atom. The van der Waals surface area contributed by atoms with Gasteiger partial charge in [0.2, 0.25) is 0 Å². The molecule has 0 aromatic heterocycles. The van der Waals surface area contributed by atoms with Gasteiger partial charge in [0.15, 0.2) is 0 Å². The number of nitrogens with one attached hydrogen (secondary N) is 1. The summed E-state index contributed by atoms with van der Waals surface area (Å²) >= 11 is 0. The lowest BCUT2D eigenvalue weighted by Crippen LogP contribution is -2.52. The molecule has 7 nitrogen and oxygen atoms in total. The number of carbonyl (C=O) groups is 2. The molecule has 7 heteroatoms. The van der Waals surface area contributed by atoms with Crippen LogP contribution in [0.15, 0.2) is 54.6 Å². The minimum atomic E-state index is -0.520. The second-order valence-electron chi connectivity index (χ2n) is 11.0. The van der Waals surface area contributed by atoms with E-state index >= 15 is 0 Å². The van der Waals surface area contributed by atoms with Crippen LogP contribution in [0.25, 0.3) is 0 Å². The first-order valence-electron chi connectivity index (χ1n) is 13.1. The van der Waals surface area contributed by atoms with Crippen LogP contribution in [-0.4, -0.2) is 60.3 Å². The molecule has 1 saturated heterocycles. The summed E-state index contributed by atoms with van der Waals surface area (Å²) in [6.45, 7) is 8.27. The molecule has 1 N–H and O–H groups in total. The van der Waals surface area contributed by atoms with E-state index in [4.69, 9.17) is 9.47 Å². The Morgan fingerprint density at radius 3 is 2.19 bits per heavy atom. The maximum absolute atomic E-state index is 12.7. The number of rotatable bonds is 6. The van der Waals surface area contributed by atoms with Crippen LogP contribution in [0, 0.1) is 11.8 Å². The molecule has 0 bridgehead atoms. The zero-order valence-electron chi connectivity index (χ0n) is 21.7. The summed E-state index contributed by atoms with van der Waals surface area (Å²) in [6, 6.07) is 18.1. The van der Waals surface area contributed by atoms with Crippen molar-refractivity contribution in [2.45, 2.75) is 52.1 Å². The van der Waals surface area contributed by atoms with Crippen LogP contribution in [-0.2, 0) is 11.2 Å². The number of carbonyl (C=O) groups excluding carboxylic acids is 2. The molecule has 1 aliphatic heterocycles. The smallest absolute Gasteiger partial charge is 0.410 e. The number of amides is 3. The number of para-hydroxylation sites is 1. The summed E-state index contributed by atoms with van der Waals surface area (Å²) in [5.74, 6) is 2.24. The molecule has 1 saturated carbocycles. The van der Waals surface area contributed by atoms with Crippen molar-refractivity contribution in [3.8, 4) is 5.75 Å². The van der Waals surface area contributed by atoms with E-state index in [1.165, 1.54) is 24.8 Å². The molecule has 2 aliphatic rings. The van der Waals surface area contributed by atoms with E-state index in [9.17, 15) is 9.59 Å². The molecule has 0 radical (unpaired) electrons. The molecule has 2 aromatic rings. The van der Waals surface area contributed by atoms with E-state index < -0.39 is 5.60 Å².